The van der Waals surface area contributed by atoms with Gasteiger partial charge in [0.05, 0.1) is 0 Å². The second-order valence-electron chi connectivity index (χ2n) is 6.95. The van der Waals surface area contributed by atoms with Gasteiger partial charge in [0.15, 0.2) is 0 Å². The fourth-order valence-electron chi connectivity index (χ4n) is 3.88. The van der Waals surface area contributed by atoms with E-state index in [1.807, 2.05) is 36.4 Å². The average molecular weight is 362 g/mol. The number of hydrogen-bond acceptors (Lipinski definition) is 2. The van der Waals surface area contributed by atoms with Gasteiger partial charge in [-0.2, -0.15) is 0 Å². The molecule has 134 valence electrons. The van der Waals surface area contributed by atoms with Crippen LogP contribution in [0.5, 0.6) is 0 Å². The normalized spacial score (nSPS) is 11.6. The van der Waals surface area contributed by atoms with Gasteiger partial charge in [0.2, 0.25) is 0 Å². The smallest absolute Gasteiger partial charge is 0.336 e. The molecule has 6 rings (SSSR count). The van der Waals surface area contributed by atoms with E-state index in [1.54, 1.807) is 6.07 Å². The van der Waals surface area contributed by atoms with Crippen LogP contribution in [0.4, 0.5) is 0 Å². The standard InChI is InChI=1S/C13H8O2.C13H10/c14-12-8-7-10-6-5-9-3-1-2-4-11(9)13(10)15-12;1-3-7-12-10(5-1)9-11-6-2-4-8-13(11)12/h1-8H;1-8H,9H2. The molecule has 0 saturated heterocycles. The molecule has 1 aliphatic rings. The molecule has 0 spiro atoms. The maximum atomic E-state index is 11.2. The summed E-state index contributed by atoms with van der Waals surface area (Å²) >= 11 is 0. The SMILES string of the molecule is O=c1ccc2ccc3ccccc3c2o1.c1ccc2c(c1)Cc1ccccc1-2. The highest BCUT2D eigenvalue weighted by atomic mass is 16.4. The van der Waals surface area contributed by atoms with Crippen LogP contribution in [0.15, 0.2) is 106 Å². The van der Waals surface area contributed by atoms with Crippen LogP contribution in [0.1, 0.15) is 11.1 Å². The molecule has 0 saturated carbocycles. The molecule has 5 aromatic rings. The van der Waals surface area contributed by atoms with Crippen molar-refractivity contribution in [1.82, 2.24) is 0 Å². The molecule has 0 radical (unpaired) electrons. The van der Waals surface area contributed by atoms with Crippen molar-refractivity contribution >= 4 is 21.7 Å². The predicted molar refractivity (Wildman–Crippen MR) is 115 cm³/mol. The lowest BCUT2D eigenvalue weighted by Gasteiger charge is -2.00. The third-order valence-electron chi connectivity index (χ3n) is 5.22. The van der Waals surface area contributed by atoms with Crippen molar-refractivity contribution in [3.8, 4) is 11.1 Å². The maximum absolute atomic E-state index is 11.2. The molecule has 0 aliphatic heterocycles. The van der Waals surface area contributed by atoms with Gasteiger partial charge in [0.1, 0.15) is 5.58 Å². The van der Waals surface area contributed by atoms with Crippen LogP contribution in [0.3, 0.4) is 0 Å². The lowest BCUT2D eigenvalue weighted by atomic mass is 10.1. The summed E-state index contributed by atoms with van der Waals surface area (Å²) in [4.78, 5) is 11.2. The first kappa shape index (κ1) is 16.5. The minimum Gasteiger partial charge on any atom is -0.422 e. The molecule has 1 aromatic heterocycles. The zero-order valence-electron chi connectivity index (χ0n) is 15.3. The Morgan fingerprint density at radius 2 is 1.14 bits per heavy atom. The second kappa shape index (κ2) is 6.82. The van der Waals surface area contributed by atoms with E-state index in [-0.39, 0.29) is 5.63 Å². The van der Waals surface area contributed by atoms with Crippen LogP contribution in [0.25, 0.3) is 32.9 Å². The number of benzene rings is 4. The van der Waals surface area contributed by atoms with Crippen molar-refractivity contribution in [3.05, 3.63) is 119 Å². The van der Waals surface area contributed by atoms with Gasteiger partial charge in [-0.05, 0) is 40.1 Å². The summed E-state index contributed by atoms with van der Waals surface area (Å²) in [6.07, 6.45) is 1.10. The lowest BCUT2D eigenvalue weighted by molar-refractivity contribution is 0.564. The lowest BCUT2D eigenvalue weighted by Crippen LogP contribution is -1.94. The van der Waals surface area contributed by atoms with Gasteiger partial charge in [0, 0.05) is 16.8 Å². The van der Waals surface area contributed by atoms with Gasteiger partial charge in [-0.15, -0.1) is 0 Å². The van der Waals surface area contributed by atoms with Gasteiger partial charge in [-0.1, -0.05) is 84.9 Å². The first-order valence-electron chi connectivity index (χ1n) is 9.37. The van der Waals surface area contributed by atoms with Gasteiger partial charge in [0.25, 0.3) is 0 Å². The highest BCUT2D eigenvalue weighted by Gasteiger charge is 2.15. The monoisotopic (exact) mass is 362 g/mol. The minimum absolute atomic E-state index is 0.307. The van der Waals surface area contributed by atoms with Crippen molar-refractivity contribution in [2.75, 3.05) is 0 Å². The minimum atomic E-state index is -0.307. The Balaban J connectivity index is 0.000000123. The molecule has 0 fully saturated rings. The molecule has 0 atom stereocenters. The summed E-state index contributed by atoms with van der Waals surface area (Å²) in [5.41, 5.74) is 6.11. The number of rotatable bonds is 0. The molecular formula is C26H18O2. The van der Waals surface area contributed by atoms with E-state index in [0.29, 0.717) is 5.58 Å². The average Bonchev–Trinajstić information content (AvgIpc) is 3.13. The largest absolute Gasteiger partial charge is 0.422 e. The summed E-state index contributed by atoms with van der Waals surface area (Å²) in [6.45, 7) is 0. The van der Waals surface area contributed by atoms with Crippen LogP contribution >= 0.6 is 0 Å². The molecule has 0 bridgehead atoms. The molecule has 0 N–H and O–H groups in total. The first-order chi connectivity index (χ1) is 13.8. The topological polar surface area (TPSA) is 30.2 Å². The molecule has 28 heavy (non-hydrogen) atoms. The van der Waals surface area contributed by atoms with Crippen LogP contribution < -0.4 is 5.63 Å². The van der Waals surface area contributed by atoms with Gasteiger partial charge < -0.3 is 4.42 Å². The fourth-order valence-corrected chi connectivity index (χ4v) is 3.88. The molecule has 2 nitrogen and oxygen atoms in total. The van der Waals surface area contributed by atoms with Crippen molar-refractivity contribution in [3.63, 3.8) is 0 Å². The molecule has 0 unspecified atom stereocenters. The van der Waals surface area contributed by atoms with Gasteiger partial charge in [-0.25, -0.2) is 4.79 Å². The van der Waals surface area contributed by atoms with Crippen molar-refractivity contribution in [2.24, 2.45) is 0 Å². The third kappa shape index (κ3) is 2.89. The Labute approximate surface area is 162 Å². The van der Waals surface area contributed by atoms with Crippen molar-refractivity contribution in [1.29, 1.82) is 0 Å². The molecule has 1 heterocycles. The Morgan fingerprint density at radius 1 is 0.571 bits per heavy atom. The summed E-state index contributed by atoms with van der Waals surface area (Å²) in [5, 5.41) is 3.01. The zero-order chi connectivity index (χ0) is 18.9. The highest BCUT2D eigenvalue weighted by molar-refractivity contribution is 6.03. The van der Waals surface area contributed by atoms with E-state index >= 15 is 0 Å². The Kier molecular flexibility index (Phi) is 4.02. The second-order valence-corrected chi connectivity index (χ2v) is 6.95. The maximum Gasteiger partial charge on any atom is 0.336 e. The summed E-state index contributed by atoms with van der Waals surface area (Å²) in [6, 6.07) is 32.4. The summed E-state index contributed by atoms with van der Waals surface area (Å²) < 4.78 is 5.22. The molecule has 1 aliphatic carbocycles. The van der Waals surface area contributed by atoms with Crippen molar-refractivity contribution in [2.45, 2.75) is 6.42 Å². The third-order valence-corrected chi connectivity index (χ3v) is 5.22. The quantitative estimate of drug-likeness (QED) is 0.238. The van der Waals surface area contributed by atoms with Crippen LogP contribution in [0, 0.1) is 0 Å². The van der Waals surface area contributed by atoms with Crippen LogP contribution in [-0.2, 0) is 6.42 Å². The molecule has 4 aromatic carbocycles. The van der Waals surface area contributed by atoms with E-state index in [0.717, 1.165) is 22.6 Å². The predicted octanol–water partition coefficient (Wildman–Crippen LogP) is 6.20. The molecular weight excluding hydrogens is 344 g/mol. The van der Waals surface area contributed by atoms with Gasteiger partial charge in [-0.3, -0.25) is 0 Å². The van der Waals surface area contributed by atoms with Crippen LogP contribution in [-0.4, -0.2) is 0 Å². The first-order valence-corrected chi connectivity index (χ1v) is 9.37. The highest BCUT2D eigenvalue weighted by Crippen LogP contribution is 2.35. The van der Waals surface area contributed by atoms with Crippen LogP contribution in [0.2, 0.25) is 0 Å². The summed E-state index contributed by atoms with van der Waals surface area (Å²) in [7, 11) is 0. The van der Waals surface area contributed by atoms with E-state index in [4.69, 9.17) is 4.42 Å². The number of hydrogen-bond donors (Lipinski definition) is 0. The van der Waals surface area contributed by atoms with E-state index in [9.17, 15) is 4.79 Å². The zero-order valence-corrected chi connectivity index (χ0v) is 15.3. The Morgan fingerprint density at radius 3 is 1.89 bits per heavy atom. The van der Waals surface area contributed by atoms with Crippen molar-refractivity contribution < 1.29 is 4.42 Å². The Bertz CT molecular complexity index is 1320. The molecule has 0 amide bonds. The van der Waals surface area contributed by atoms with E-state index in [1.165, 1.54) is 28.3 Å². The van der Waals surface area contributed by atoms with E-state index < -0.39 is 0 Å². The van der Waals surface area contributed by atoms with Gasteiger partial charge >= 0.3 is 5.63 Å². The molecule has 2 heteroatoms. The van der Waals surface area contributed by atoms with E-state index in [2.05, 4.69) is 48.5 Å². The Hall–Kier alpha value is -3.65. The number of fused-ring (bicyclic) bond motifs is 6. The fraction of sp³-hybridized carbons (Fsp3) is 0.0385. The summed E-state index contributed by atoms with van der Waals surface area (Å²) in [5.74, 6) is 0.